The van der Waals surface area contributed by atoms with Gasteiger partial charge in [-0.15, -0.1) is 5.10 Å². The molecule has 2 heterocycles. The Kier molecular flexibility index (Phi) is 4.07. The van der Waals surface area contributed by atoms with Crippen molar-refractivity contribution in [2.45, 2.75) is 6.92 Å². The van der Waals surface area contributed by atoms with Crippen LogP contribution < -0.4 is 10.1 Å². The molecule has 0 N–H and O–H groups in total. The molecule has 4 nitrogen and oxygen atoms in total. The molecule has 0 saturated heterocycles. The quantitative estimate of drug-likeness (QED) is 0.522. The van der Waals surface area contributed by atoms with Crippen molar-refractivity contribution in [1.82, 2.24) is 14.6 Å². The molecule has 4 rings (SSSR count). The van der Waals surface area contributed by atoms with Gasteiger partial charge in [0.25, 0.3) is 5.56 Å². The average molecular weight is 388 g/mol. The van der Waals surface area contributed by atoms with Crippen LogP contribution in [0.15, 0.2) is 47.3 Å². The highest BCUT2D eigenvalue weighted by Crippen LogP contribution is 2.22. The second-order valence-corrected chi connectivity index (χ2v) is 7.38. The summed E-state index contributed by atoms with van der Waals surface area (Å²) < 4.78 is 1.86. The largest absolute Gasteiger partial charge is 0.291 e. The Morgan fingerprint density at radius 3 is 2.68 bits per heavy atom. The number of halogens is 2. The van der Waals surface area contributed by atoms with E-state index < -0.39 is 0 Å². The van der Waals surface area contributed by atoms with Crippen LogP contribution in [0, 0.1) is 6.92 Å². The molecule has 0 spiro atoms. The minimum absolute atomic E-state index is 0.210. The number of aromatic nitrogens is 3. The molecule has 0 radical (unpaired) electrons. The van der Waals surface area contributed by atoms with E-state index in [1.54, 1.807) is 24.3 Å². The molecule has 25 heavy (non-hydrogen) atoms. The van der Waals surface area contributed by atoms with Gasteiger partial charge in [-0.3, -0.25) is 4.79 Å². The molecule has 0 bridgehead atoms. The first-order valence-electron chi connectivity index (χ1n) is 7.45. The smallest absolute Gasteiger partial charge is 0.266 e. The lowest BCUT2D eigenvalue weighted by atomic mass is 10.1. The van der Waals surface area contributed by atoms with Crippen LogP contribution in [0.2, 0.25) is 10.0 Å². The standard InChI is InChI=1S/C18H11Cl2N3OS/c1-10-4-2-3-5-13(10)16-21-18-23(22-16)17(24)15(25-18)8-11-6-7-12(19)9-14(11)20/h2-9H,1H3/b15-8-. The molecule has 4 aromatic rings. The van der Waals surface area contributed by atoms with E-state index in [1.165, 1.54) is 15.9 Å². The minimum atomic E-state index is -0.210. The Labute approximate surface area is 157 Å². The summed E-state index contributed by atoms with van der Waals surface area (Å²) in [4.78, 5) is 17.7. The summed E-state index contributed by atoms with van der Waals surface area (Å²) in [5, 5.41) is 5.41. The van der Waals surface area contributed by atoms with Gasteiger partial charge in [0.15, 0.2) is 5.82 Å². The van der Waals surface area contributed by atoms with Crippen LogP contribution in [0.4, 0.5) is 0 Å². The normalized spacial score (nSPS) is 12.2. The van der Waals surface area contributed by atoms with Gasteiger partial charge in [-0.05, 0) is 36.3 Å². The van der Waals surface area contributed by atoms with Gasteiger partial charge in [0, 0.05) is 15.6 Å². The Balaban J connectivity index is 1.85. The first-order chi connectivity index (χ1) is 12.0. The highest BCUT2D eigenvalue weighted by molar-refractivity contribution is 7.15. The van der Waals surface area contributed by atoms with Gasteiger partial charge in [-0.2, -0.15) is 9.50 Å². The number of hydrogen-bond acceptors (Lipinski definition) is 4. The van der Waals surface area contributed by atoms with Gasteiger partial charge in [0.1, 0.15) is 0 Å². The molecule has 7 heteroatoms. The summed E-state index contributed by atoms with van der Waals surface area (Å²) >= 11 is 13.4. The van der Waals surface area contributed by atoms with Gasteiger partial charge in [0.2, 0.25) is 4.96 Å². The molecular weight excluding hydrogens is 377 g/mol. The summed E-state index contributed by atoms with van der Waals surface area (Å²) in [5.74, 6) is 0.553. The second kappa shape index (κ2) is 6.26. The molecule has 2 aromatic carbocycles. The first-order valence-corrected chi connectivity index (χ1v) is 9.02. The van der Waals surface area contributed by atoms with E-state index in [1.807, 2.05) is 31.2 Å². The van der Waals surface area contributed by atoms with E-state index >= 15 is 0 Å². The van der Waals surface area contributed by atoms with Crippen molar-refractivity contribution in [3.63, 3.8) is 0 Å². The molecule has 0 saturated carbocycles. The second-order valence-electron chi connectivity index (χ2n) is 5.53. The van der Waals surface area contributed by atoms with Crippen molar-refractivity contribution < 1.29 is 0 Å². The topological polar surface area (TPSA) is 47.3 Å². The van der Waals surface area contributed by atoms with Crippen molar-refractivity contribution in [2.24, 2.45) is 0 Å². The zero-order chi connectivity index (χ0) is 17.6. The molecule has 0 aliphatic rings. The summed E-state index contributed by atoms with van der Waals surface area (Å²) in [6, 6.07) is 13.0. The van der Waals surface area contributed by atoms with E-state index in [4.69, 9.17) is 23.2 Å². The molecule has 124 valence electrons. The number of hydrogen-bond donors (Lipinski definition) is 0. The number of thiazole rings is 1. The lowest BCUT2D eigenvalue weighted by Gasteiger charge is -1.98. The monoisotopic (exact) mass is 387 g/mol. The van der Waals surface area contributed by atoms with Crippen molar-refractivity contribution in [2.75, 3.05) is 0 Å². The highest BCUT2D eigenvalue weighted by atomic mass is 35.5. The maximum atomic E-state index is 12.6. The molecule has 0 aliphatic carbocycles. The maximum absolute atomic E-state index is 12.6. The zero-order valence-electron chi connectivity index (χ0n) is 13.0. The highest BCUT2D eigenvalue weighted by Gasteiger charge is 2.13. The van der Waals surface area contributed by atoms with Crippen LogP contribution in [0.3, 0.4) is 0 Å². The number of fused-ring (bicyclic) bond motifs is 1. The summed E-state index contributed by atoms with van der Waals surface area (Å²) in [6.45, 7) is 1.99. The third-order valence-corrected chi connectivity index (χ3v) is 5.34. The predicted octanol–water partition coefficient (Wildman–Crippen LogP) is 3.98. The van der Waals surface area contributed by atoms with Crippen molar-refractivity contribution in [3.8, 4) is 11.4 Å². The predicted molar refractivity (Wildman–Crippen MR) is 103 cm³/mol. The van der Waals surface area contributed by atoms with E-state index in [-0.39, 0.29) is 5.56 Å². The van der Waals surface area contributed by atoms with E-state index in [0.29, 0.717) is 25.4 Å². The summed E-state index contributed by atoms with van der Waals surface area (Å²) in [7, 11) is 0. The molecule has 2 aromatic heterocycles. The molecule has 0 aliphatic heterocycles. The fourth-order valence-electron chi connectivity index (χ4n) is 2.53. The number of rotatable bonds is 2. The van der Waals surface area contributed by atoms with Gasteiger partial charge in [-0.1, -0.05) is 64.9 Å². The van der Waals surface area contributed by atoms with Crippen LogP contribution in [0.25, 0.3) is 22.4 Å². The Morgan fingerprint density at radius 1 is 1.16 bits per heavy atom. The fourth-order valence-corrected chi connectivity index (χ4v) is 3.89. The molecule has 0 unspecified atom stereocenters. The van der Waals surface area contributed by atoms with Gasteiger partial charge in [0.05, 0.1) is 4.53 Å². The molecular formula is C18H11Cl2N3OS. The van der Waals surface area contributed by atoms with Crippen LogP contribution in [-0.2, 0) is 0 Å². The lowest BCUT2D eigenvalue weighted by molar-refractivity contribution is 0.936. The van der Waals surface area contributed by atoms with Gasteiger partial charge >= 0.3 is 0 Å². The van der Waals surface area contributed by atoms with Gasteiger partial charge in [-0.25, -0.2) is 0 Å². The molecule has 0 amide bonds. The maximum Gasteiger partial charge on any atom is 0.291 e. The van der Waals surface area contributed by atoms with Gasteiger partial charge < -0.3 is 0 Å². The van der Waals surface area contributed by atoms with Crippen molar-refractivity contribution in [1.29, 1.82) is 0 Å². The Bertz CT molecular complexity index is 1210. The number of aryl methyl sites for hydroxylation is 1. The van der Waals surface area contributed by atoms with E-state index in [0.717, 1.165) is 16.7 Å². The minimum Gasteiger partial charge on any atom is -0.266 e. The van der Waals surface area contributed by atoms with E-state index in [9.17, 15) is 4.79 Å². The SMILES string of the molecule is Cc1ccccc1-c1nc2s/c(=C\c3ccc(Cl)cc3Cl)c(=O)n2n1. The fraction of sp³-hybridized carbons (Fsp3) is 0.0556. The van der Waals surface area contributed by atoms with Crippen LogP contribution >= 0.6 is 34.5 Å². The average Bonchev–Trinajstić information content (AvgIpc) is 3.11. The lowest BCUT2D eigenvalue weighted by Crippen LogP contribution is -2.23. The third-order valence-electron chi connectivity index (χ3n) is 3.82. The third kappa shape index (κ3) is 2.95. The molecule has 0 atom stereocenters. The van der Waals surface area contributed by atoms with Crippen molar-refractivity contribution in [3.05, 3.63) is 78.5 Å². The van der Waals surface area contributed by atoms with Crippen LogP contribution in [0.5, 0.6) is 0 Å². The number of benzene rings is 2. The Hall–Kier alpha value is -2.21. The summed E-state index contributed by atoms with van der Waals surface area (Å²) in [6.07, 6.45) is 1.73. The zero-order valence-corrected chi connectivity index (χ0v) is 15.4. The molecule has 0 fully saturated rings. The van der Waals surface area contributed by atoms with E-state index in [2.05, 4.69) is 10.1 Å². The first kappa shape index (κ1) is 16.3. The van der Waals surface area contributed by atoms with Crippen LogP contribution in [-0.4, -0.2) is 14.6 Å². The Morgan fingerprint density at radius 2 is 1.96 bits per heavy atom. The summed E-state index contributed by atoms with van der Waals surface area (Å²) in [5.41, 5.74) is 2.50. The van der Waals surface area contributed by atoms with Crippen LogP contribution in [0.1, 0.15) is 11.1 Å². The van der Waals surface area contributed by atoms with Crippen molar-refractivity contribution >= 4 is 45.6 Å². The number of nitrogens with zero attached hydrogens (tertiary/aromatic N) is 3.